The van der Waals surface area contributed by atoms with Crippen LogP contribution in [0.5, 0.6) is 0 Å². The molecule has 0 amide bonds. The molecule has 4 aromatic rings. The first-order valence-electron chi connectivity index (χ1n) is 12.6. The molecule has 1 N–H and O–H groups in total. The van der Waals surface area contributed by atoms with E-state index in [1.54, 1.807) is 0 Å². The summed E-state index contributed by atoms with van der Waals surface area (Å²) < 4.78 is 0. The highest BCUT2D eigenvalue weighted by Crippen LogP contribution is 2.32. The molecular weight excluding hydrogens is 436 g/mol. The second-order valence-electron chi connectivity index (χ2n) is 9.76. The molecule has 0 bridgehead atoms. The van der Waals surface area contributed by atoms with Gasteiger partial charge in [-0.15, -0.1) is 0 Å². The van der Waals surface area contributed by atoms with Crippen LogP contribution >= 0.6 is 0 Å². The van der Waals surface area contributed by atoms with Crippen molar-refractivity contribution in [2.45, 2.75) is 25.8 Å². The normalized spacial score (nSPS) is 18.4. The Balaban J connectivity index is 1.27. The van der Waals surface area contributed by atoms with E-state index in [-0.39, 0.29) is 0 Å². The Morgan fingerprint density at radius 3 is 2.51 bits per heavy atom. The van der Waals surface area contributed by atoms with Crippen LogP contribution < -0.4 is 4.90 Å². The third kappa shape index (κ3) is 4.39. The minimum absolute atomic E-state index is 0.687. The van der Waals surface area contributed by atoms with E-state index in [0.29, 0.717) is 6.04 Å². The average molecular weight is 469 g/mol. The first-order chi connectivity index (χ1) is 17.2. The molecule has 6 rings (SSSR count). The van der Waals surface area contributed by atoms with Crippen LogP contribution in [0.15, 0.2) is 48.8 Å². The average Bonchev–Trinajstić information content (AvgIpc) is 3.39. The molecule has 180 valence electrons. The van der Waals surface area contributed by atoms with E-state index in [1.165, 1.54) is 44.7 Å². The summed E-state index contributed by atoms with van der Waals surface area (Å²) in [6, 6.07) is 12.9. The molecule has 4 aromatic heterocycles. The highest BCUT2D eigenvalue weighted by molar-refractivity contribution is 5.90. The fourth-order valence-corrected chi connectivity index (χ4v) is 5.43. The molecule has 6 heterocycles. The Kier molecular flexibility index (Phi) is 5.91. The minimum atomic E-state index is 0.687. The Morgan fingerprint density at radius 2 is 1.71 bits per heavy atom. The smallest absolute Gasteiger partial charge is 0.120 e. The molecule has 0 radical (unpaired) electrons. The molecule has 2 aliphatic rings. The Morgan fingerprint density at radius 1 is 0.886 bits per heavy atom. The lowest BCUT2D eigenvalue weighted by atomic mass is 10.0. The fourth-order valence-electron chi connectivity index (χ4n) is 5.43. The van der Waals surface area contributed by atoms with Gasteiger partial charge in [0.25, 0.3) is 0 Å². The second-order valence-corrected chi connectivity index (χ2v) is 9.76. The minimum Gasteiger partial charge on any atom is -0.370 e. The lowest BCUT2D eigenvalue weighted by molar-refractivity contribution is 0.0982. The SMILES string of the molecule is Cc1cccc(-c2n[nH]cc2-c2ccc3nccc(N4CCC(N5CCN(C)CC5)CC4)c3n2)n1. The van der Waals surface area contributed by atoms with Gasteiger partial charge in [0.2, 0.25) is 0 Å². The van der Waals surface area contributed by atoms with Gasteiger partial charge in [-0.1, -0.05) is 6.07 Å². The van der Waals surface area contributed by atoms with E-state index in [1.807, 2.05) is 43.6 Å². The van der Waals surface area contributed by atoms with Gasteiger partial charge in [0.15, 0.2) is 0 Å². The summed E-state index contributed by atoms with van der Waals surface area (Å²) in [6.07, 6.45) is 6.20. The number of aryl methyl sites for hydroxylation is 1. The van der Waals surface area contributed by atoms with E-state index in [4.69, 9.17) is 4.98 Å². The summed E-state index contributed by atoms with van der Waals surface area (Å²) in [5, 5.41) is 7.51. The number of piperazine rings is 1. The fraction of sp³-hybridized carbons (Fsp3) is 0.407. The molecule has 2 aliphatic heterocycles. The van der Waals surface area contributed by atoms with Gasteiger partial charge in [0.1, 0.15) is 11.2 Å². The number of nitrogens with zero attached hydrogens (tertiary/aromatic N) is 7. The zero-order valence-corrected chi connectivity index (χ0v) is 20.5. The number of likely N-dealkylation sites (N-methyl/N-ethyl adjacent to an activating group) is 1. The number of aromatic nitrogens is 5. The number of fused-ring (bicyclic) bond motifs is 1. The van der Waals surface area contributed by atoms with Gasteiger partial charge in [-0.25, -0.2) is 4.98 Å². The van der Waals surface area contributed by atoms with Crippen molar-refractivity contribution in [2.24, 2.45) is 0 Å². The van der Waals surface area contributed by atoms with Crippen LogP contribution in [0.1, 0.15) is 18.5 Å². The zero-order chi connectivity index (χ0) is 23.8. The zero-order valence-electron chi connectivity index (χ0n) is 20.5. The van der Waals surface area contributed by atoms with Crippen molar-refractivity contribution in [3.8, 4) is 22.6 Å². The van der Waals surface area contributed by atoms with Crippen LogP contribution in [0.2, 0.25) is 0 Å². The van der Waals surface area contributed by atoms with Crippen LogP contribution in [-0.2, 0) is 0 Å². The van der Waals surface area contributed by atoms with Crippen LogP contribution in [-0.4, -0.2) is 87.3 Å². The number of H-pyrrole nitrogens is 1. The maximum absolute atomic E-state index is 5.11. The third-order valence-electron chi connectivity index (χ3n) is 7.47. The molecule has 0 atom stereocenters. The predicted octanol–water partition coefficient (Wildman–Crippen LogP) is 3.61. The van der Waals surface area contributed by atoms with Crippen molar-refractivity contribution in [3.63, 3.8) is 0 Å². The highest BCUT2D eigenvalue weighted by atomic mass is 15.3. The molecule has 2 saturated heterocycles. The van der Waals surface area contributed by atoms with Crippen LogP contribution in [0.25, 0.3) is 33.7 Å². The van der Waals surface area contributed by atoms with Gasteiger partial charge < -0.3 is 9.80 Å². The van der Waals surface area contributed by atoms with E-state index >= 15 is 0 Å². The number of hydrogen-bond acceptors (Lipinski definition) is 7. The summed E-state index contributed by atoms with van der Waals surface area (Å²) in [4.78, 5) is 22.0. The Bertz CT molecular complexity index is 1320. The van der Waals surface area contributed by atoms with Crippen LogP contribution in [0.4, 0.5) is 5.69 Å². The molecule has 0 aliphatic carbocycles. The van der Waals surface area contributed by atoms with Crippen molar-refractivity contribution in [1.82, 2.24) is 34.9 Å². The van der Waals surface area contributed by atoms with Gasteiger partial charge in [-0.2, -0.15) is 5.10 Å². The Labute approximate surface area is 206 Å². The molecule has 8 heteroatoms. The van der Waals surface area contributed by atoms with Gasteiger partial charge in [0.05, 0.1) is 22.6 Å². The van der Waals surface area contributed by atoms with E-state index in [2.05, 4.69) is 54.0 Å². The number of anilines is 1. The molecule has 0 unspecified atom stereocenters. The first kappa shape index (κ1) is 22.1. The lowest BCUT2D eigenvalue weighted by Crippen LogP contribution is -2.52. The number of piperidine rings is 1. The van der Waals surface area contributed by atoms with Gasteiger partial charge in [0, 0.05) is 69.0 Å². The predicted molar refractivity (Wildman–Crippen MR) is 139 cm³/mol. The molecule has 2 fully saturated rings. The largest absolute Gasteiger partial charge is 0.370 e. The third-order valence-corrected chi connectivity index (χ3v) is 7.47. The summed E-state index contributed by atoms with van der Waals surface area (Å²) in [7, 11) is 2.22. The van der Waals surface area contributed by atoms with E-state index in [0.717, 1.165) is 52.5 Å². The van der Waals surface area contributed by atoms with E-state index in [9.17, 15) is 0 Å². The summed E-state index contributed by atoms with van der Waals surface area (Å²) in [6.45, 7) is 8.82. The lowest BCUT2D eigenvalue weighted by Gasteiger charge is -2.42. The topological polar surface area (TPSA) is 77.1 Å². The molecule has 8 nitrogen and oxygen atoms in total. The quantitative estimate of drug-likeness (QED) is 0.490. The number of pyridine rings is 3. The maximum atomic E-state index is 5.11. The molecule has 0 spiro atoms. The number of hydrogen-bond donors (Lipinski definition) is 1. The molecular formula is C27H32N8. The van der Waals surface area contributed by atoms with Crippen molar-refractivity contribution < 1.29 is 0 Å². The highest BCUT2D eigenvalue weighted by Gasteiger charge is 2.27. The standard InChI is InChI=1S/C27H32N8/c1-19-4-3-5-24(30-19)26-21(18-29-32-26)22-6-7-23-27(31-22)25(8-11-28-23)35-12-9-20(10-13-35)34-16-14-33(2)15-17-34/h3-8,11,18,20H,9-10,12-17H2,1-2H3,(H,29,32). The second kappa shape index (κ2) is 9.36. The van der Waals surface area contributed by atoms with Gasteiger partial charge in [-0.3, -0.25) is 20.0 Å². The molecule has 35 heavy (non-hydrogen) atoms. The van der Waals surface area contributed by atoms with Crippen LogP contribution in [0.3, 0.4) is 0 Å². The summed E-state index contributed by atoms with van der Waals surface area (Å²) in [5.41, 5.74) is 7.51. The number of nitrogens with one attached hydrogen (secondary N) is 1. The summed E-state index contributed by atoms with van der Waals surface area (Å²) >= 11 is 0. The van der Waals surface area contributed by atoms with Crippen molar-refractivity contribution >= 4 is 16.7 Å². The number of aromatic amines is 1. The maximum Gasteiger partial charge on any atom is 0.120 e. The number of rotatable bonds is 4. The van der Waals surface area contributed by atoms with Crippen molar-refractivity contribution in [3.05, 3.63) is 54.5 Å². The van der Waals surface area contributed by atoms with Crippen LogP contribution in [0, 0.1) is 6.92 Å². The summed E-state index contributed by atoms with van der Waals surface area (Å²) in [5.74, 6) is 0. The monoisotopic (exact) mass is 468 g/mol. The first-order valence-corrected chi connectivity index (χ1v) is 12.6. The van der Waals surface area contributed by atoms with Crippen molar-refractivity contribution in [1.29, 1.82) is 0 Å². The van der Waals surface area contributed by atoms with Gasteiger partial charge in [-0.05, 0) is 57.1 Å². The van der Waals surface area contributed by atoms with Gasteiger partial charge >= 0.3 is 0 Å². The molecule has 0 aromatic carbocycles. The molecule has 0 saturated carbocycles. The Hall–Kier alpha value is -3.36. The van der Waals surface area contributed by atoms with E-state index < -0.39 is 0 Å². The van der Waals surface area contributed by atoms with Crippen molar-refractivity contribution in [2.75, 3.05) is 51.2 Å².